The van der Waals surface area contributed by atoms with Gasteiger partial charge in [0.1, 0.15) is 5.69 Å². The van der Waals surface area contributed by atoms with Gasteiger partial charge in [0.2, 0.25) is 0 Å². The average Bonchev–Trinajstić information content (AvgIpc) is 2.73. The number of nitrogens with one attached hydrogen (secondary N) is 1. The zero-order valence-electron chi connectivity index (χ0n) is 9.87. The highest BCUT2D eigenvalue weighted by Gasteiger charge is 2.12. The molecule has 0 saturated carbocycles. The summed E-state index contributed by atoms with van der Waals surface area (Å²) in [5, 5.41) is 3.37. The van der Waals surface area contributed by atoms with E-state index in [9.17, 15) is 4.79 Å². The lowest BCUT2D eigenvalue weighted by Crippen LogP contribution is -2.12. The summed E-state index contributed by atoms with van der Waals surface area (Å²) in [5.41, 5.74) is 1.93. The molecule has 1 amide bonds. The van der Waals surface area contributed by atoms with Gasteiger partial charge in [-0.15, -0.1) is 0 Å². The summed E-state index contributed by atoms with van der Waals surface area (Å²) < 4.78 is 2.50. The number of imidazole rings is 1. The lowest BCUT2D eigenvalue weighted by molar-refractivity contribution is 0.102. The van der Waals surface area contributed by atoms with Crippen LogP contribution in [0.1, 0.15) is 16.1 Å². The second-order valence-electron chi connectivity index (χ2n) is 3.96. The standard InChI is InChI=1S/C12H11BrClN3O/c1-7-3-8(13)10(4-9(7)14)16-12(18)11-5-17(2)6-15-11/h3-6H,1-2H3,(H,16,18). The fourth-order valence-corrected chi connectivity index (χ4v) is 2.18. The number of aryl methyl sites for hydroxylation is 2. The van der Waals surface area contributed by atoms with Crippen molar-refractivity contribution in [2.75, 3.05) is 5.32 Å². The zero-order chi connectivity index (χ0) is 13.3. The minimum atomic E-state index is -0.267. The van der Waals surface area contributed by atoms with Crippen LogP contribution in [0.25, 0.3) is 0 Å². The number of halogens is 2. The summed E-state index contributed by atoms with van der Waals surface area (Å²) in [6, 6.07) is 3.57. The van der Waals surface area contributed by atoms with E-state index in [4.69, 9.17) is 11.6 Å². The monoisotopic (exact) mass is 327 g/mol. The van der Waals surface area contributed by atoms with Gasteiger partial charge in [-0.25, -0.2) is 4.98 Å². The molecule has 2 rings (SSSR count). The Morgan fingerprint density at radius 1 is 1.50 bits per heavy atom. The molecule has 1 heterocycles. The molecule has 0 aliphatic heterocycles. The predicted molar refractivity (Wildman–Crippen MR) is 75.1 cm³/mol. The number of carbonyl (C=O) groups is 1. The first kappa shape index (κ1) is 13.1. The molecular weight excluding hydrogens is 318 g/mol. The van der Waals surface area contributed by atoms with Gasteiger partial charge in [-0.1, -0.05) is 11.6 Å². The maximum Gasteiger partial charge on any atom is 0.275 e. The predicted octanol–water partition coefficient (Wildman–Crippen LogP) is 3.40. The third-order valence-corrected chi connectivity index (χ3v) is 3.50. The number of hydrogen-bond acceptors (Lipinski definition) is 2. The number of aromatic nitrogens is 2. The summed E-state index contributed by atoms with van der Waals surface area (Å²) in [4.78, 5) is 15.9. The van der Waals surface area contributed by atoms with E-state index in [-0.39, 0.29) is 5.91 Å². The van der Waals surface area contributed by atoms with Gasteiger partial charge in [-0.05, 0) is 40.5 Å². The number of benzene rings is 1. The van der Waals surface area contributed by atoms with Crippen LogP contribution in [-0.2, 0) is 7.05 Å². The van der Waals surface area contributed by atoms with Crippen LogP contribution >= 0.6 is 27.5 Å². The van der Waals surface area contributed by atoms with Gasteiger partial charge in [-0.3, -0.25) is 4.79 Å². The fourth-order valence-electron chi connectivity index (χ4n) is 1.46. The van der Waals surface area contributed by atoms with Gasteiger partial charge >= 0.3 is 0 Å². The van der Waals surface area contributed by atoms with Crippen molar-refractivity contribution in [1.82, 2.24) is 9.55 Å². The molecule has 0 spiro atoms. The Labute approximate surface area is 118 Å². The van der Waals surface area contributed by atoms with Crippen molar-refractivity contribution in [1.29, 1.82) is 0 Å². The number of nitrogens with zero attached hydrogens (tertiary/aromatic N) is 2. The highest BCUT2D eigenvalue weighted by atomic mass is 79.9. The van der Waals surface area contributed by atoms with Gasteiger partial charge in [-0.2, -0.15) is 0 Å². The van der Waals surface area contributed by atoms with Crippen molar-refractivity contribution >= 4 is 39.1 Å². The summed E-state index contributed by atoms with van der Waals surface area (Å²) in [6.45, 7) is 1.90. The molecule has 0 bridgehead atoms. The third-order valence-electron chi connectivity index (χ3n) is 2.43. The van der Waals surface area contributed by atoms with E-state index in [1.807, 2.05) is 20.0 Å². The maximum absolute atomic E-state index is 11.9. The van der Waals surface area contributed by atoms with Crippen molar-refractivity contribution in [3.8, 4) is 0 Å². The summed E-state index contributed by atoms with van der Waals surface area (Å²) in [7, 11) is 1.81. The molecule has 1 N–H and O–H groups in total. The van der Waals surface area contributed by atoms with E-state index in [1.165, 1.54) is 0 Å². The molecule has 0 saturated heterocycles. The van der Waals surface area contributed by atoms with Crippen LogP contribution in [0.3, 0.4) is 0 Å². The molecule has 0 atom stereocenters. The van der Waals surface area contributed by atoms with Crippen molar-refractivity contribution in [2.24, 2.45) is 7.05 Å². The van der Waals surface area contributed by atoms with Crippen molar-refractivity contribution in [3.05, 3.63) is 45.4 Å². The fraction of sp³-hybridized carbons (Fsp3) is 0.167. The number of rotatable bonds is 2. The van der Waals surface area contributed by atoms with Gasteiger partial charge in [0.15, 0.2) is 0 Å². The number of hydrogen-bond donors (Lipinski definition) is 1. The topological polar surface area (TPSA) is 46.9 Å². The summed E-state index contributed by atoms with van der Waals surface area (Å²) >= 11 is 9.42. The normalized spacial score (nSPS) is 10.4. The van der Waals surface area contributed by atoms with E-state index in [0.29, 0.717) is 16.4 Å². The molecule has 0 aliphatic carbocycles. The van der Waals surface area contributed by atoms with Crippen molar-refractivity contribution < 1.29 is 4.79 Å². The molecular formula is C12H11BrClN3O. The first-order valence-corrected chi connectivity index (χ1v) is 6.39. The minimum Gasteiger partial charge on any atom is -0.340 e. The van der Waals surface area contributed by atoms with Gasteiger partial charge in [0.25, 0.3) is 5.91 Å². The van der Waals surface area contributed by atoms with Gasteiger partial charge in [0, 0.05) is 22.7 Å². The lowest BCUT2D eigenvalue weighted by atomic mass is 10.2. The minimum absolute atomic E-state index is 0.267. The first-order valence-electron chi connectivity index (χ1n) is 5.22. The van der Waals surface area contributed by atoms with Crippen LogP contribution in [0.4, 0.5) is 5.69 Å². The number of amides is 1. The Bertz CT molecular complexity index is 609. The molecule has 6 heteroatoms. The molecule has 0 radical (unpaired) electrons. The smallest absolute Gasteiger partial charge is 0.275 e. The highest BCUT2D eigenvalue weighted by molar-refractivity contribution is 9.10. The van der Waals surface area contributed by atoms with Crippen molar-refractivity contribution in [2.45, 2.75) is 6.92 Å². The molecule has 2 aromatic rings. The van der Waals surface area contributed by atoms with Crippen LogP contribution in [0.15, 0.2) is 29.1 Å². The maximum atomic E-state index is 11.9. The second-order valence-corrected chi connectivity index (χ2v) is 5.22. The molecule has 18 heavy (non-hydrogen) atoms. The molecule has 94 valence electrons. The Kier molecular flexibility index (Phi) is 3.73. The van der Waals surface area contributed by atoms with Crippen LogP contribution < -0.4 is 5.32 Å². The first-order chi connectivity index (χ1) is 8.47. The van der Waals surface area contributed by atoms with Crippen LogP contribution in [0.2, 0.25) is 5.02 Å². The van der Waals surface area contributed by atoms with E-state index >= 15 is 0 Å². The Morgan fingerprint density at radius 3 is 2.83 bits per heavy atom. The molecule has 0 unspecified atom stereocenters. The largest absolute Gasteiger partial charge is 0.340 e. The van der Waals surface area contributed by atoms with E-state index < -0.39 is 0 Å². The van der Waals surface area contributed by atoms with E-state index in [0.717, 1.165) is 10.0 Å². The Morgan fingerprint density at radius 2 is 2.22 bits per heavy atom. The highest BCUT2D eigenvalue weighted by Crippen LogP contribution is 2.29. The molecule has 1 aromatic carbocycles. The summed E-state index contributed by atoms with van der Waals surface area (Å²) in [6.07, 6.45) is 3.23. The Balaban J connectivity index is 2.24. The summed E-state index contributed by atoms with van der Waals surface area (Å²) in [5.74, 6) is -0.267. The van der Waals surface area contributed by atoms with Crippen LogP contribution in [0.5, 0.6) is 0 Å². The number of carbonyl (C=O) groups excluding carboxylic acids is 1. The molecule has 1 aromatic heterocycles. The second kappa shape index (κ2) is 5.12. The van der Waals surface area contributed by atoms with Crippen molar-refractivity contribution in [3.63, 3.8) is 0 Å². The third kappa shape index (κ3) is 2.73. The SMILES string of the molecule is Cc1cc(Br)c(NC(=O)c2cn(C)cn2)cc1Cl. The average molecular weight is 329 g/mol. The quantitative estimate of drug-likeness (QED) is 0.918. The van der Waals surface area contributed by atoms with E-state index in [2.05, 4.69) is 26.2 Å². The van der Waals surface area contributed by atoms with E-state index in [1.54, 1.807) is 23.2 Å². The molecule has 0 aliphatic rings. The van der Waals surface area contributed by atoms with Crippen LogP contribution in [-0.4, -0.2) is 15.5 Å². The zero-order valence-corrected chi connectivity index (χ0v) is 12.2. The lowest BCUT2D eigenvalue weighted by Gasteiger charge is -2.08. The van der Waals surface area contributed by atoms with Gasteiger partial charge < -0.3 is 9.88 Å². The van der Waals surface area contributed by atoms with Gasteiger partial charge in [0.05, 0.1) is 12.0 Å². The Hall–Kier alpha value is -1.33. The van der Waals surface area contributed by atoms with Crippen LogP contribution in [0, 0.1) is 6.92 Å². The number of anilines is 1. The molecule has 0 fully saturated rings. The molecule has 4 nitrogen and oxygen atoms in total.